The predicted octanol–water partition coefficient (Wildman–Crippen LogP) is 3.79. The molecule has 0 aliphatic heterocycles. The molecule has 0 aliphatic rings. The number of amides is 1. The molecule has 0 fully saturated rings. The molecule has 130 valence electrons. The Morgan fingerprint density at radius 1 is 1.12 bits per heavy atom. The van der Waals surface area contributed by atoms with Gasteiger partial charge < -0.3 is 15.4 Å². The molecule has 0 bridgehead atoms. The maximum atomic E-state index is 12.3. The van der Waals surface area contributed by atoms with Crippen molar-refractivity contribution in [2.24, 2.45) is 0 Å². The number of benzene rings is 2. The van der Waals surface area contributed by atoms with Gasteiger partial charge in [0.25, 0.3) is 5.91 Å². The van der Waals surface area contributed by atoms with Gasteiger partial charge in [0.05, 0.1) is 5.56 Å². The monoisotopic (exact) mass is 412 g/mol. The van der Waals surface area contributed by atoms with E-state index >= 15 is 0 Å². The predicted molar refractivity (Wildman–Crippen MR) is 103 cm³/mol. The molecule has 2 N–H and O–H groups in total. The zero-order valence-corrected chi connectivity index (χ0v) is 16.0. The average molecular weight is 414 g/mol. The van der Waals surface area contributed by atoms with Crippen LogP contribution in [0.25, 0.3) is 0 Å². The van der Waals surface area contributed by atoms with Gasteiger partial charge in [0.1, 0.15) is 12.4 Å². The minimum absolute atomic E-state index is 0. The zero-order valence-electron chi connectivity index (χ0n) is 13.5. The Morgan fingerprint density at radius 3 is 2.67 bits per heavy atom. The third kappa shape index (κ3) is 6.51. The Balaban J connectivity index is 0.00000288. The van der Waals surface area contributed by atoms with Gasteiger partial charge in [-0.05, 0) is 49.8 Å². The summed E-state index contributed by atoms with van der Waals surface area (Å²) in [6.45, 7) is 1.93. The lowest BCUT2D eigenvalue weighted by atomic mass is 10.2. The fourth-order valence-corrected chi connectivity index (χ4v) is 2.58. The summed E-state index contributed by atoms with van der Waals surface area (Å²) in [6, 6.07) is 15.2. The standard InChI is InChI=1S/C18H21BrN2O2.ClH/c1-20-10-5-11-21-18(22)16-8-2-3-9-17(16)23-13-14-6-4-7-15(19)12-14;/h2-4,6-9,12,20H,5,10-11,13H2,1H3,(H,21,22);1H. The molecule has 2 aromatic rings. The zero-order chi connectivity index (χ0) is 16.5. The van der Waals surface area contributed by atoms with Crippen molar-refractivity contribution in [3.63, 3.8) is 0 Å². The second-order valence-corrected chi connectivity index (χ2v) is 6.04. The van der Waals surface area contributed by atoms with Gasteiger partial charge >= 0.3 is 0 Å². The van der Waals surface area contributed by atoms with Gasteiger partial charge in [-0.25, -0.2) is 0 Å². The normalized spacial score (nSPS) is 9.92. The number of hydrogen-bond acceptors (Lipinski definition) is 3. The van der Waals surface area contributed by atoms with Crippen LogP contribution in [-0.4, -0.2) is 26.0 Å². The van der Waals surface area contributed by atoms with E-state index in [0.717, 1.165) is 23.0 Å². The van der Waals surface area contributed by atoms with E-state index < -0.39 is 0 Å². The topological polar surface area (TPSA) is 50.4 Å². The van der Waals surface area contributed by atoms with Crippen molar-refractivity contribution >= 4 is 34.2 Å². The largest absolute Gasteiger partial charge is 0.488 e. The summed E-state index contributed by atoms with van der Waals surface area (Å²) in [5.41, 5.74) is 1.61. The Hall–Kier alpha value is -1.56. The van der Waals surface area contributed by atoms with Crippen LogP contribution in [0.4, 0.5) is 0 Å². The quantitative estimate of drug-likeness (QED) is 0.647. The van der Waals surface area contributed by atoms with Crippen LogP contribution in [-0.2, 0) is 6.61 Å². The number of nitrogens with one attached hydrogen (secondary N) is 2. The van der Waals surface area contributed by atoms with Crippen molar-refractivity contribution in [1.82, 2.24) is 10.6 Å². The summed E-state index contributed by atoms with van der Waals surface area (Å²) in [6.07, 6.45) is 0.892. The van der Waals surface area contributed by atoms with Gasteiger partial charge in [0.15, 0.2) is 0 Å². The molecule has 1 amide bonds. The average Bonchev–Trinajstić information content (AvgIpc) is 2.57. The molecule has 0 aliphatic carbocycles. The van der Waals surface area contributed by atoms with E-state index in [4.69, 9.17) is 4.74 Å². The van der Waals surface area contributed by atoms with Crippen LogP contribution in [0.15, 0.2) is 53.0 Å². The Morgan fingerprint density at radius 2 is 1.92 bits per heavy atom. The number of halogens is 2. The van der Waals surface area contributed by atoms with Crippen LogP contribution < -0.4 is 15.4 Å². The second kappa shape index (κ2) is 11.1. The van der Waals surface area contributed by atoms with Crippen molar-refractivity contribution in [1.29, 1.82) is 0 Å². The number of rotatable bonds is 8. The molecule has 0 radical (unpaired) electrons. The van der Waals surface area contributed by atoms with Gasteiger partial charge in [-0.1, -0.05) is 40.2 Å². The van der Waals surface area contributed by atoms with Gasteiger partial charge in [0.2, 0.25) is 0 Å². The molecule has 24 heavy (non-hydrogen) atoms. The number of para-hydroxylation sites is 1. The van der Waals surface area contributed by atoms with Crippen LogP contribution in [0.3, 0.4) is 0 Å². The highest BCUT2D eigenvalue weighted by Crippen LogP contribution is 2.20. The molecule has 2 rings (SSSR count). The lowest BCUT2D eigenvalue weighted by Gasteiger charge is -2.12. The molecule has 2 aromatic carbocycles. The molecular formula is C18H22BrClN2O2. The van der Waals surface area contributed by atoms with Crippen molar-refractivity contribution in [2.75, 3.05) is 20.1 Å². The molecule has 6 heteroatoms. The molecule has 0 aromatic heterocycles. The summed E-state index contributed by atoms with van der Waals surface area (Å²) in [5, 5.41) is 5.97. The first kappa shape index (κ1) is 20.5. The van der Waals surface area contributed by atoms with Crippen molar-refractivity contribution in [3.8, 4) is 5.75 Å². The lowest BCUT2D eigenvalue weighted by Crippen LogP contribution is -2.27. The second-order valence-electron chi connectivity index (χ2n) is 5.13. The van der Waals surface area contributed by atoms with Crippen LogP contribution in [0.2, 0.25) is 0 Å². The smallest absolute Gasteiger partial charge is 0.255 e. The van der Waals surface area contributed by atoms with Crippen molar-refractivity contribution in [3.05, 3.63) is 64.1 Å². The first-order valence-electron chi connectivity index (χ1n) is 7.60. The maximum absolute atomic E-state index is 12.3. The van der Waals surface area contributed by atoms with Crippen molar-refractivity contribution in [2.45, 2.75) is 13.0 Å². The number of carbonyl (C=O) groups is 1. The first-order valence-corrected chi connectivity index (χ1v) is 8.39. The van der Waals surface area contributed by atoms with E-state index in [1.165, 1.54) is 0 Å². The van der Waals surface area contributed by atoms with Crippen LogP contribution in [0.1, 0.15) is 22.3 Å². The van der Waals surface area contributed by atoms with E-state index in [1.54, 1.807) is 6.07 Å². The molecule has 4 nitrogen and oxygen atoms in total. The molecule has 0 spiro atoms. The molecular weight excluding hydrogens is 392 g/mol. The third-order valence-corrected chi connectivity index (χ3v) is 3.80. The Labute approximate surface area is 157 Å². The van der Waals surface area contributed by atoms with E-state index in [9.17, 15) is 4.79 Å². The van der Waals surface area contributed by atoms with Gasteiger partial charge in [-0.2, -0.15) is 0 Å². The van der Waals surface area contributed by atoms with Crippen LogP contribution >= 0.6 is 28.3 Å². The first-order chi connectivity index (χ1) is 11.2. The lowest BCUT2D eigenvalue weighted by molar-refractivity contribution is 0.0948. The van der Waals surface area contributed by atoms with Gasteiger partial charge in [0, 0.05) is 11.0 Å². The van der Waals surface area contributed by atoms with Gasteiger partial charge in [-0.3, -0.25) is 4.79 Å². The van der Waals surface area contributed by atoms with Gasteiger partial charge in [-0.15, -0.1) is 12.4 Å². The number of ether oxygens (including phenoxy) is 1. The minimum atomic E-state index is -0.106. The Bertz CT molecular complexity index is 652. The fourth-order valence-electron chi connectivity index (χ4n) is 2.13. The SMILES string of the molecule is CNCCCNC(=O)c1ccccc1OCc1cccc(Br)c1.Cl. The highest BCUT2D eigenvalue weighted by atomic mass is 79.9. The molecule has 0 unspecified atom stereocenters. The van der Waals surface area contributed by atoms with E-state index in [0.29, 0.717) is 24.5 Å². The number of hydrogen-bond donors (Lipinski definition) is 2. The summed E-state index contributed by atoms with van der Waals surface area (Å²) < 4.78 is 6.84. The van der Waals surface area contributed by atoms with E-state index in [1.807, 2.05) is 49.5 Å². The maximum Gasteiger partial charge on any atom is 0.255 e. The molecule has 0 heterocycles. The minimum Gasteiger partial charge on any atom is -0.488 e. The van der Waals surface area contributed by atoms with Crippen LogP contribution in [0.5, 0.6) is 5.75 Å². The highest BCUT2D eigenvalue weighted by molar-refractivity contribution is 9.10. The molecule has 0 saturated carbocycles. The summed E-state index contributed by atoms with van der Waals surface area (Å²) in [5.74, 6) is 0.490. The summed E-state index contributed by atoms with van der Waals surface area (Å²) >= 11 is 3.44. The van der Waals surface area contributed by atoms with E-state index in [-0.39, 0.29) is 18.3 Å². The van der Waals surface area contributed by atoms with E-state index in [2.05, 4.69) is 26.6 Å². The highest BCUT2D eigenvalue weighted by Gasteiger charge is 2.11. The third-order valence-electron chi connectivity index (χ3n) is 3.30. The number of carbonyl (C=O) groups excluding carboxylic acids is 1. The molecule has 0 atom stereocenters. The summed E-state index contributed by atoms with van der Waals surface area (Å²) in [7, 11) is 1.90. The van der Waals surface area contributed by atoms with Crippen molar-refractivity contribution < 1.29 is 9.53 Å². The summed E-state index contributed by atoms with van der Waals surface area (Å²) in [4.78, 5) is 12.3. The fraction of sp³-hybridized carbons (Fsp3) is 0.278. The molecule has 0 saturated heterocycles. The Kier molecular flexibility index (Phi) is 9.45. The van der Waals surface area contributed by atoms with Crippen LogP contribution in [0, 0.1) is 0 Å².